The smallest absolute Gasteiger partial charge is 0.175 e. The molecule has 0 unspecified atom stereocenters. The minimum absolute atomic E-state index is 0.0400. The Morgan fingerprint density at radius 3 is 2.60 bits per heavy atom. The van der Waals surface area contributed by atoms with Crippen molar-refractivity contribution in [3.05, 3.63) is 11.6 Å². The van der Waals surface area contributed by atoms with Crippen LogP contribution in [-0.2, 0) is 9.59 Å². The summed E-state index contributed by atoms with van der Waals surface area (Å²) in [6, 6.07) is 0. The van der Waals surface area contributed by atoms with Crippen LogP contribution in [-0.4, -0.2) is 27.6 Å². The molecule has 0 bridgehead atoms. The Labute approximate surface area is 158 Å². The Balaban J connectivity index is 1.68. The molecule has 1 N–H and O–H groups in total. The Kier molecular flexibility index (Phi) is 4.12. The van der Waals surface area contributed by atoms with E-state index in [4.69, 9.17) is 0 Å². The average molecular weight is 409 g/mol. The number of hydrogen-bond donors (Lipinski definition) is 1. The first-order valence-electron chi connectivity index (χ1n) is 9.82. The summed E-state index contributed by atoms with van der Waals surface area (Å²) in [5, 5.41) is 11.5. The number of halogens is 1. The van der Waals surface area contributed by atoms with E-state index in [9.17, 15) is 14.7 Å². The zero-order chi connectivity index (χ0) is 18.0. The lowest BCUT2D eigenvalue weighted by Gasteiger charge is -2.58. The van der Waals surface area contributed by atoms with Gasteiger partial charge in [0.2, 0.25) is 0 Å². The molecule has 0 spiro atoms. The minimum atomic E-state index is -1.16. The number of fused-ring (bicyclic) bond motifs is 5. The van der Waals surface area contributed by atoms with E-state index < -0.39 is 5.60 Å². The number of alkyl halides is 1. The number of carbonyl (C=O) groups is 2. The van der Waals surface area contributed by atoms with Gasteiger partial charge in [-0.1, -0.05) is 35.4 Å². The van der Waals surface area contributed by atoms with Crippen molar-refractivity contribution in [2.24, 2.45) is 28.6 Å². The van der Waals surface area contributed by atoms with Crippen molar-refractivity contribution in [1.82, 2.24) is 0 Å². The van der Waals surface area contributed by atoms with Crippen LogP contribution in [0, 0.1) is 28.6 Å². The van der Waals surface area contributed by atoms with E-state index in [0.717, 1.165) is 38.5 Å². The third kappa shape index (κ3) is 2.25. The van der Waals surface area contributed by atoms with E-state index in [1.54, 1.807) is 0 Å². The van der Waals surface area contributed by atoms with Gasteiger partial charge < -0.3 is 5.11 Å². The summed E-state index contributed by atoms with van der Waals surface area (Å²) in [6.45, 7) is 4.54. The molecule has 0 aliphatic heterocycles. The molecule has 4 rings (SSSR count). The van der Waals surface area contributed by atoms with Crippen LogP contribution in [0.25, 0.3) is 0 Å². The predicted molar refractivity (Wildman–Crippen MR) is 100 cm³/mol. The molecule has 0 aromatic heterocycles. The number of hydrogen-bond acceptors (Lipinski definition) is 3. The third-order valence-corrected chi connectivity index (χ3v) is 9.21. The maximum Gasteiger partial charge on any atom is 0.175 e. The fourth-order valence-electron chi connectivity index (χ4n) is 7.14. The first-order valence-corrected chi connectivity index (χ1v) is 10.9. The molecule has 4 aliphatic rings. The number of Topliss-reactive ketones (excluding diaryl/α,β-unsaturated/α-hetero) is 1. The number of carbonyl (C=O) groups excluding carboxylic acids is 2. The van der Waals surface area contributed by atoms with Crippen LogP contribution in [0.4, 0.5) is 0 Å². The highest BCUT2D eigenvalue weighted by Gasteiger charge is 2.65. The molecule has 3 saturated carbocycles. The SMILES string of the molecule is C[C@]12CCC(=O)C=C1CC[C@@H]1[C@H]3CC[C@](O)(C(=O)CBr)[C@@]3(C)CC[C@@H]12. The van der Waals surface area contributed by atoms with Gasteiger partial charge in [0.05, 0.1) is 5.33 Å². The van der Waals surface area contributed by atoms with Crippen molar-refractivity contribution >= 4 is 27.5 Å². The van der Waals surface area contributed by atoms with Crippen LogP contribution < -0.4 is 0 Å². The topological polar surface area (TPSA) is 54.4 Å². The van der Waals surface area contributed by atoms with Crippen molar-refractivity contribution in [3.63, 3.8) is 0 Å². The summed E-state index contributed by atoms with van der Waals surface area (Å²) in [6.07, 6.45) is 9.28. The summed E-state index contributed by atoms with van der Waals surface area (Å²) in [7, 11) is 0. The first kappa shape index (κ1) is 17.9. The number of aliphatic hydroxyl groups is 1. The Morgan fingerprint density at radius 1 is 1.16 bits per heavy atom. The van der Waals surface area contributed by atoms with E-state index in [1.165, 1.54) is 5.57 Å². The molecule has 4 heteroatoms. The van der Waals surface area contributed by atoms with Crippen LogP contribution in [0.1, 0.15) is 65.2 Å². The molecular formula is C21H29BrO3. The van der Waals surface area contributed by atoms with Crippen molar-refractivity contribution in [3.8, 4) is 0 Å². The highest BCUT2D eigenvalue weighted by molar-refractivity contribution is 9.09. The van der Waals surface area contributed by atoms with E-state index >= 15 is 0 Å². The van der Waals surface area contributed by atoms with Crippen LogP contribution in [0.5, 0.6) is 0 Å². The standard InChI is InChI=1S/C21H29BrO3/c1-19-8-5-14(23)11-13(19)3-4-15-16(19)6-9-20(2)17(15)7-10-21(20,25)18(24)12-22/h11,15-17,25H,3-10,12H2,1-2H3/t15-,16-,17+,19-,20-,21-/m0/s1. The largest absolute Gasteiger partial charge is 0.381 e. The molecule has 0 radical (unpaired) electrons. The molecule has 0 amide bonds. The minimum Gasteiger partial charge on any atom is -0.381 e. The molecule has 3 nitrogen and oxygen atoms in total. The lowest BCUT2D eigenvalue weighted by atomic mass is 9.46. The summed E-state index contributed by atoms with van der Waals surface area (Å²) in [4.78, 5) is 24.4. The highest BCUT2D eigenvalue weighted by atomic mass is 79.9. The molecular weight excluding hydrogens is 380 g/mol. The maximum absolute atomic E-state index is 12.5. The monoisotopic (exact) mass is 408 g/mol. The first-order chi connectivity index (χ1) is 11.8. The summed E-state index contributed by atoms with van der Waals surface area (Å²) < 4.78 is 0. The van der Waals surface area contributed by atoms with Crippen molar-refractivity contribution in [2.45, 2.75) is 70.8 Å². The molecule has 0 heterocycles. The Bertz CT molecular complexity index is 656. The van der Waals surface area contributed by atoms with Crippen LogP contribution in [0.2, 0.25) is 0 Å². The molecule has 0 aromatic carbocycles. The second-order valence-corrected chi connectivity index (χ2v) is 9.94. The summed E-state index contributed by atoms with van der Waals surface area (Å²) in [5.41, 5.74) is 0.0730. The van der Waals surface area contributed by atoms with Crippen LogP contribution >= 0.6 is 15.9 Å². The number of allylic oxidation sites excluding steroid dienone is 1. The van der Waals surface area contributed by atoms with Gasteiger partial charge in [-0.2, -0.15) is 0 Å². The molecule has 3 fully saturated rings. The van der Waals surface area contributed by atoms with Crippen LogP contribution in [0.3, 0.4) is 0 Å². The number of ketones is 2. The second kappa shape index (κ2) is 5.76. The van der Waals surface area contributed by atoms with Crippen LogP contribution in [0.15, 0.2) is 11.6 Å². The second-order valence-electron chi connectivity index (χ2n) is 9.38. The van der Waals surface area contributed by atoms with Gasteiger partial charge in [0.1, 0.15) is 5.60 Å². The number of rotatable bonds is 2. The molecule has 6 atom stereocenters. The van der Waals surface area contributed by atoms with Crippen molar-refractivity contribution < 1.29 is 14.7 Å². The summed E-state index contributed by atoms with van der Waals surface area (Å²) >= 11 is 3.28. The quantitative estimate of drug-likeness (QED) is 0.695. The fourth-order valence-corrected chi connectivity index (χ4v) is 7.61. The van der Waals surface area contributed by atoms with Gasteiger partial charge in [0.25, 0.3) is 0 Å². The van der Waals surface area contributed by atoms with Gasteiger partial charge in [-0.3, -0.25) is 9.59 Å². The van der Waals surface area contributed by atoms with Gasteiger partial charge in [-0.15, -0.1) is 0 Å². The molecule has 0 aromatic rings. The van der Waals surface area contributed by atoms with Crippen molar-refractivity contribution in [1.29, 1.82) is 0 Å². The summed E-state index contributed by atoms with van der Waals surface area (Å²) in [5.74, 6) is 1.85. The Hall–Kier alpha value is -0.480. The lowest BCUT2D eigenvalue weighted by molar-refractivity contribution is -0.159. The fraction of sp³-hybridized carbons (Fsp3) is 0.810. The van der Waals surface area contributed by atoms with E-state index in [-0.39, 0.29) is 21.9 Å². The Morgan fingerprint density at radius 2 is 1.88 bits per heavy atom. The van der Waals surface area contributed by atoms with Gasteiger partial charge in [0, 0.05) is 11.8 Å². The predicted octanol–water partition coefficient (Wildman–Crippen LogP) is 4.21. The highest BCUT2D eigenvalue weighted by Crippen LogP contribution is 2.67. The van der Waals surface area contributed by atoms with Gasteiger partial charge in [-0.25, -0.2) is 0 Å². The molecule has 25 heavy (non-hydrogen) atoms. The van der Waals surface area contributed by atoms with Crippen molar-refractivity contribution in [2.75, 3.05) is 5.33 Å². The van der Waals surface area contributed by atoms with E-state index in [0.29, 0.717) is 36.4 Å². The normalized spacial score (nSPS) is 49.0. The van der Waals surface area contributed by atoms with Gasteiger partial charge in [0.15, 0.2) is 11.6 Å². The molecule has 138 valence electrons. The molecule has 4 aliphatic carbocycles. The molecule has 0 saturated heterocycles. The maximum atomic E-state index is 12.5. The van der Waals surface area contributed by atoms with Gasteiger partial charge in [-0.05, 0) is 74.2 Å². The zero-order valence-corrected chi connectivity index (χ0v) is 16.9. The van der Waals surface area contributed by atoms with Gasteiger partial charge >= 0.3 is 0 Å². The van der Waals surface area contributed by atoms with E-state index in [1.807, 2.05) is 6.08 Å². The zero-order valence-electron chi connectivity index (χ0n) is 15.3. The average Bonchev–Trinajstić information content (AvgIpc) is 2.87. The van der Waals surface area contributed by atoms with E-state index in [2.05, 4.69) is 29.8 Å². The lowest BCUT2D eigenvalue weighted by Crippen LogP contribution is -2.57. The third-order valence-electron chi connectivity index (χ3n) is 8.70.